The minimum Gasteiger partial charge on any atom is -0.208 e. The molecular formula is C58H35N3S. The lowest BCUT2D eigenvalue weighted by molar-refractivity contribution is 0.794. The summed E-state index contributed by atoms with van der Waals surface area (Å²) >= 11 is 1.81. The predicted octanol–water partition coefficient (Wildman–Crippen LogP) is 14.9. The maximum absolute atomic E-state index is 5.27. The normalized spacial score (nSPS) is 13.0. The van der Waals surface area contributed by atoms with E-state index in [2.05, 4.69) is 194 Å². The smallest absolute Gasteiger partial charge is 0.164 e. The molecule has 288 valence electrons. The second-order valence-corrected chi connectivity index (χ2v) is 17.3. The second kappa shape index (κ2) is 13.6. The maximum atomic E-state index is 5.27. The number of hydrogen-bond acceptors (Lipinski definition) is 4. The highest BCUT2D eigenvalue weighted by atomic mass is 32.1. The van der Waals surface area contributed by atoms with Gasteiger partial charge < -0.3 is 0 Å². The zero-order valence-electron chi connectivity index (χ0n) is 33.5. The fraction of sp³-hybridized carbons (Fsp3) is 0.0172. The Morgan fingerprint density at radius 3 is 1.55 bits per heavy atom. The molecule has 2 aromatic heterocycles. The van der Waals surface area contributed by atoms with Crippen molar-refractivity contribution in [2.45, 2.75) is 5.41 Å². The average molecular weight is 806 g/mol. The van der Waals surface area contributed by atoms with Gasteiger partial charge in [-0.05, 0) is 97.1 Å². The maximum Gasteiger partial charge on any atom is 0.164 e. The van der Waals surface area contributed by atoms with Crippen LogP contribution in [0, 0.1) is 0 Å². The summed E-state index contributed by atoms with van der Waals surface area (Å²) in [6.45, 7) is 0. The fourth-order valence-corrected chi connectivity index (χ4v) is 11.5. The van der Waals surface area contributed by atoms with Crippen LogP contribution in [0.3, 0.4) is 0 Å². The van der Waals surface area contributed by atoms with Crippen LogP contribution in [0.1, 0.15) is 22.3 Å². The number of nitrogens with zero attached hydrogens (tertiary/aromatic N) is 3. The van der Waals surface area contributed by atoms with E-state index in [0.29, 0.717) is 17.5 Å². The van der Waals surface area contributed by atoms with E-state index < -0.39 is 5.41 Å². The van der Waals surface area contributed by atoms with Crippen molar-refractivity contribution in [3.8, 4) is 78.7 Å². The molecule has 3 nitrogen and oxygen atoms in total. The quantitative estimate of drug-likeness (QED) is 0.174. The van der Waals surface area contributed by atoms with E-state index in [1.54, 1.807) is 0 Å². The van der Waals surface area contributed by atoms with E-state index in [9.17, 15) is 0 Å². The number of thiophene rings is 1. The number of benzene rings is 9. The monoisotopic (exact) mass is 805 g/mol. The molecule has 0 radical (unpaired) electrons. The van der Waals surface area contributed by atoms with Crippen LogP contribution < -0.4 is 0 Å². The zero-order valence-corrected chi connectivity index (χ0v) is 34.3. The van der Waals surface area contributed by atoms with Crippen molar-refractivity contribution in [2.75, 3.05) is 0 Å². The highest BCUT2D eigenvalue weighted by molar-refractivity contribution is 7.25. The van der Waals surface area contributed by atoms with E-state index in [1.165, 1.54) is 70.2 Å². The van der Waals surface area contributed by atoms with Crippen LogP contribution in [0.4, 0.5) is 0 Å². The number of fused-ring (bicyclic) bond motifs is 13. The van der Waals surface area contributed by atoms with Crippen LogP contribution in [0.2, 0.25) is 0 Å². The number of hydrogen-bond donors (Lipinski definition) is 0. The Balaban J connectivity index is 0.976. The van der Waals surface area contributed by atoms with E-state index in [-0.39, 0.29) is 0 Å². The van der Waals surface area contributed by atoms with Gasteiger partial charge in [0.05, 0.1) is 5.41 Å². The molecule has 0 saturated heterocycles. The third kappa shape index (κ3) is 5.08. The largest absolute Gasteiger partial charge is 0.208 e. The number of rotatable bonds is 5. The summed E-state index contributed by atoms with van der Waals surface area (Å²) in [5, 5.41) is 2.46. The van der Waals surface area contributed by atoms with Crippen LogP contribution in [0.5, 0.6) is 0 Å². The van der Waals surface area contributed by atoms with Crippen LogP contribution in [-0.4, -0.2) is 15.0 Å². The van der Waals surface area contributed by atoms with Crippen LogP contribution >= 0.6 is 11.3 Å². The summed E-state index contributed by atoms with van der Waals surface area (Å²) in [4.78, 5) is 15.6. The molecule has 13 rings (SSSR count). The molecule has 0 aliphatic heterocycles. The van der Waals surface area contributed by atoms with Crippen molar-refractivity contribution < 1.29 is 0 Å². The van der Waals surface area contributed by atoms with Gasteiger partial charge in [0.2, 0.25) is 0 Å². The van der Waals surface area contributed by atoms with Gasteiger partial charge >= 0.3 is 0 Å². The molecule has 0 N–H and O–H groups in total. The van der Waals surface area contributed by atoms with E-state index in [4.69, 9.17) is 15.0 Å². The molecule has 4 heteroatoms. The van der Waals surface area contributed by atoms with Gasteiger partial charge in [0.15, 0.2) is 17.5 Å². The van der Waals surface area contributed by atoms with Crippen molar-refractivity contribution >= 4 is 31.5 Å². The van der Waals surface area contributed by atoms with Gasteiger partial charge in [-0.3, -0.25) is 0 Å². The van der Waals surface area contributed by atoms with E-state index in [1.807, 2.05) is 29.5 Å². The Morgan fingerprint density at radius 1 is 0.290 bits per heavy atom. The van der Waals surface area contributed by atoms with Crippen molar-refractivity contribution in [1.29, 1.82) is 0 Å². The van der Waals surface area contributed by atoms with E-state index in [0.717, 1.165) is 33.4 Å². The molecule has 0 atom stereocenters. The first kappa shape index (κ1) is 35.0. The van der Waals surface area contributed by atoms with Gasteiger partial charge in [-0.1, -0.05) is 182 Å². The van der Waals surface area contributed by atoms with Gasteiger partial charge in [-0.15, -0.1) is 11.3 Å². The Hall–Kier alpha value is -7.79. The summed E-state index contributed by atoms with van der Waals surface area (Å²) in [7, 11) is 0. The molecule has 11 aromatic rings. The first-order chi connectivity index (χ1) is 30.7. The molecule has 0 unspecified atom stereocenters. The summed E-state index contributed by atoms with van der Waals surface area (Å²) in [6.07, 6.45) is 0. The molecule has 2 heterocycles. The summed E-state index contributed by atoms with van der Waals surface area (Å²) < 4.78 is 2.52. The summed E-state index contributed by atoms with van der Waals surface area (Å²) in [5.41, 5.74) is 17.6. The number of aromatic nitrogens is 3. The minimum absolute atomic E-state index is 0.396. The van der Waals surface area contributed by atoms with Gasteiger partial charge in [-0.25, -0.2) is 15.0 Å². The Labute approximate surface area is 363 Å². The second-order valence-electron chi connectivity index (χ2n) is 16.2. The molecular weight excluding hydrogens is 771 g/mol. The first-order valence-corrected chi connectivity index (χ1v) is 21.9. The first-order valence-electron chi connectivity index (χ1n) is 21.1. The molecule has 0 saturated carbocycles. The highest BCUT2D eigenvalue weighted by Crippen LogP contribution is 2.64. The van der Waals surface area contributed by atoms with E-state index >= 15 is 0 Å². The summed E-state index contributed by atoms with van der Waals surface area (Å²) in [6, 6.07) is 76.8. The summed E-state index contributed by atoms with van der Waals surface area (Å²) in [5.74, 6) is 1.93. The molecule has 9 aromatic carbocycles. The standard InChI is InChI=1S/C58H35N3S/c1-2-16-36(17-3-1)55-59-56(39-32-33-53-47(35-39)44-23-9-13-31-52(44)62-53)61-57(60-55)45-24-5-4-20-40(45)37-18-14-19-38(34-37)41-26-15-30-51-54(41)46-25-8-12-29-50(46)58(51)48-27-10-6-21-42(48)43-22-7-11-28-49(43)58/h1-35H. The van der Waals surface area contributed by atoms with Gasteiger partial charge in [0, 0.05) is 36.9 Å². The third-order valence-electron chi connectivity index (χ3n) is 13.0. The molecule has 0 fully saturated rings. The third-order valence-corrected chi connectivity index (χ3v) is 14.1. The van der Waals surface area contributed by atoms with Crippen LogP contribution in [-0.2, 0) is 5.41 Å². The molecule has 2 aliphatic rings. The predicted molar refractivity (Wildman–Crippen MR) is 256 cm³/mol. The Kier molecular flexibility index (Phi) is 7.69. The van der Waals surface area contributed by atoms with Crippen LogP contribution in [0.15, 0.2) is 212 Å². The zero-order chi connectivity index (χ0) is 40.8. The Bertz CT molecular complexity index is 3560. The van der Waals surface area contributed by atoms with Crippen molar-refractivity contribution in [2.24, 2.45) is 0 Å². The molecule has 0 amide bonds. The molecule has 62 heavy (non-hydrogen) atoms. The van der Waals surface area contributed by atoms with Crippen LogP contribution in [0.25, 0.3) is 98.8 Å². The van der Waals surface area contributed by atoms with Crippen molar-refractivity contribution in [3.05, 3.63) is 235 Å². The topological polar surface area (TPSA) is 38.7 Å². The molecule has 0 bridgehead atoms. The molecule has 1 spiro atoms. The molecule has 2 aliphatic carbocycles. The highest BCUT2D eigenvalue weighted by Gasteiger charge is 2.51. The lowest BCUT2D eigenvalue weighted by Gasteiger charge is -2.30. The van der Waals surface area contributed by atoms with Gasteiger partial charge in [0.25, 0.3) is 0 Å². The minimum atomic E-state index is -0.396. The van der Waals surface area contributed by atoms with Crippen molar-refractivity contribution in [1.82, 2.24) is 15.0 Å². The Morgan fingerprint density at radius 2 is 0.790 bits per heavy atom. The lowest BCUT2D eigenvalue weighted by atomic mass is 9.70. The SMILES string of the molecule is c1ccc(-c2nc(-c3ccc4sc5ccccc5c4c3)nc(-c3ccccc3-c3cccc(-c4cccc5c4-c4ccccc4C54c5ccccc5-c5ccccc54)c3)n2)cc1. The van der Waals surface area contributed by atoms with Gasteiger partial charge in [0.1, 0.15) is 0 Å². The van der Waals surface area contributed by atoms with Gasteiger partial charge in [-0.2, -0.15) is 0 Å². The van der Waals surface area contributed by atoms with Crippen molar-refractivity contribution in [3.63, 3.8) is 0 Å². The fourth-order valence-electron chi connectivity index (χ4n) is 10.4. The average Bonchev–Trinajstić information content (AvgIpc) is 3.98. The lowest BCUT2D eigenvalue weighted by Crippen LogP contribution is -2.25.